The van der Waals surface area contributed by atoms with Crippen molar-refractivity contribution in [2.24, 2.45) is 0 Å². The maximum Gasteiger partial charge on any atom is 0.260 e. The zero-order valence-corrected chi connectivity index (χ0v) is 16.0. The second-order valence-electron chi connectivity index (χ2n) is 6.78. The van der Waals surface area contributed by atoms with Crippen LogP contribution in [0, 0.1) is 0 Å². The summed E-state index contributed by atoms with van der Waals surface area (Å²) in [6.07, 6.45) is 2.19. The lowest BCUT2D eigenvalue weighted by atomic mass is 10.1. The first-order valence-corrected chi connectivity index (χ1v) is 9.55. The summed E-state index contributed by atoms with van der Waals surface area (Å²) in [7, 11) is 1.69. The van der Waals surface area contributed by atoms with Gasteiger partial charge in [-0.05, 0) is 49.2 Å². The van der Waals surface area contributed by atoms with Crippen molar-refractivity contribution in [3.05, 3.63) is 60.2 Å². The van der Waals surface area contributed by atoms with Crippen LogP contribution in [0.1, 0.15) is 12.0 Å². The molecule has 0 saturated carbocycles. The maximum atomic E-state index is 12.3. The molecular weight excluding hydrogens is 340 g/mol. The van der Waals surface area contributed by atoms with Crippen molar-refractivity contribution >= 4 is 5.91 Å². The number of aryl methyl sites for hydroxylation is 1. The molecule has 27 heavy (non-hydrogen) atoms. The van der Waals surface area contributed by atoms with Crippen LogP contribution in [0.2, 0.25) is 0 Å². The van der Waals surface area contributed by atoms with E-state index in [-0.39, 0.29) is 12.5 Å². The van der Waals surface area contributed by atoms with Crippen molar-refractivity contribution in [2.45, 2.75) is 12.8 Å². The third kappa shape index (κ3) is 6.00. The molecular formula is C22H28N2O3. The van der Waals surface area contributed by atoms with E-state index < -0.39 is 0 Å². The van der Waals surface area contributed by atoms with E-state index in [1.807, 2.05) is 47.4 Å². The summed E-state index contributed by atoms with van der Waals surface area (Å²) in [6, 6.07) is 17.8. The number of nitrogens with zero attached hydrogens (tertiary/aromatic N) is 2. The third-order valence-electron chi connectivity index (χ3n) is 4.93. The molecule has 0 atom stereocenters. The summed E-state index contributed by atoms with van der Waals surface area (Å²) in [5, 5.41) is 0. The van der Waals surface area contributed by atoms with E-state index >= 15 is 0 Å². The van der Waals surface area contributed by atoms with Gasteiger partial charge in [-0.25, -0.2) is 0 Å². The van der Waals surface area contributed by atoms with Gasteiger partial charge in [0, 0.05) is 26.2 Å². The predicted octanol–water partition coefficient (Wildman–Crippen LogP) is 2.85. The van der Waals surface area contributed by atoms with Crippen LogP contribution in [0.25, 0.3) is 0 Å². The van der Waals surface area contributed by atoms with Crippen molar-refractivity contribution in [3.63, 3.8) is 0 Å². The number of para-hydroxylation sites is 1. The predicted molar refractivity (Wildman–Crippen MR) is 106 cm³/mol. The van der Waals surface area contributed by atoms with Crippen LogP contribution in [-0.2, 0) is 11.2 Å². The molecule has 144 valence electrons. The van der Waals surface area contributed by atoms with Crippen molar-refractivity contribution in [2.75, 3.05) is 46.4 Å². The highest BCUT2D eigenvalue weighted by molar-refractivity contribution is 5.77. The zero-order valence-electron chi connectivity index (χ0n) is 16.0. The van der Waals surface area contributed by atoms with Gasteiger partial charge < -0.3 is 14.4 Å². The molecule has 1 fully saturated rings. The molecule has 2 aromatic rings. The van der Waals surface area contributed by atoms with E-state index in [1.165, 1.54) is 5.56 Å². The second kappa shape index (κ2) is 9.97. The molecule has 1 saturated heterocycles. The normalized spacial score (nSPS) is 14.8. The van der Waals surface area contributed by atoms with Crippen molar-refractivity contribution in [1.82, 2.24) is 9.80 Å². The van der Waals surface area contributed by atoms with Gasteiger partial charge in [0.25, 0.3) is 5.91 Å². The number of rotatable bonds is 8. The van der Waals surface area contributed by atoms with Crippen LogP contribution in [0.5, 0.6) is 11.5 Å². The number of hydrogen-bond acceptors (Lipinski definition) is 4. The van der Waals surface area contributed by atoms with Gasteiger partial charge in [0.2, 0.25) is 0 Å². The van der Waals surface area contributed by atoms with Crippen LogP contribution in [0.4, 0.5) is 0 Å². The molecule has 0 aromatic heterocycles. The molecule has 2 aromatic carbocycles. The third-order valence-corrected chi connectivity index (χ3v) is 4.93. The lowest BCUT2D eigenvalue weighted by Crippen LogP contribution is -2.50. The number of carbonyl (C=O) groups excluding carboxylic acids is 1. The Balaban J connectivity index is 1.32. The number of carbonyl (C=O) groups is 1. The SMILES string of the molecule is COc1ccc(CCCN2CCN(C(=O)COc3ccccc3)CC2)cc1. The van der Waals surface area contributed by atoms with E-state index in [1.54, 1.807) is 7.11 Å². The minimum Gasteiger partial charge on any atom is -0.497 e. The Bertz CT molecular complexity index is 695. The first-order chi connectivity index (χ1) is 13.2. The number of amides is 1. The fourth-order valence-corrected chi connectivity index (χ4v) is 3.27. The van der Waals surface area contributed by atoms with E-state index in [0.29, 0.717) is 0 Å². The summed E-state index contributed by atoms with van der Waals surface area (Å²) in [4.78, 5) is 16.6. The second-order valence-corrected chi connectivity index (χ2v) is 6.78. The molecule has 0 spiro atoms. The van der Waals surface area contributed by atoms with Gasteiger partial charge >= 0.3 is 0 Å². The highest BCUT2D eigenvalue weighted by Crippen LogP contribution is 2.13. The fourth-order valence-electron chi connectivity index (χ4n) is 3.27. The summed E-state index contributed by atoms with van der Waals surface area (Å²) in [5.41, 5.74) is 1.34. The molecule has 1 heterocycles. The van der Waals surface area contributed by atoms with Crippen LogP contribution in [-0.4, -0.2) is 62.1 Å². The molecule has 0 N–H and O–H groups in total. The smallest absolute Gasteiger partial charge is 0.260 e. The van der Waals surface area contributed by atoms with Crippen LogP contribution in [0.3, 0.4) is 0 Å². The molecule has 0 unspecified atom stereocenters. The Morgan fingerprint density at radius 3 is 2.30 bits per heavy atom. The molecule has 0 radical (unpaired) electrons. The van der Waals surface area contributed by atoms with Crippen molar-refractivity contribution in [1.29, 1.82) is 0 Å². The quantitative estimate of drug-likeness (QED) is 0.719. The molecule has 5 nitrogen and oxygen atoms in total. The van der Waals surface area contributed by atoms with Gasteiger partial charge in [0.1, 0.15) is 11.5 Å². The molecule has 1 amide bonds. The summed E-state index contributed by atoms with van der Waals surface area (Å²) >= 11 is 0. The first kappa shape index (κ1) is 19.2. The van der Waals surface area contributed by atoms with E-state index in [9.17, 15) is 4.79 Å². The van der Waals surface area contributed by atoms with Gasteiger partial charge in [0.05, 0.1) is 7.11 Å². The molecule has 0 aliphatic carbocycles. The number of ether oxygens (including phenoxy) is 2. The minimum atomic E-state index is 0.0664. The van der Waals surface area contributed by atoms with E-state index in [2.05, 4.69) is 17.0 Å². The van der Waals surface area contributed by atoms with Gasteiger partial charge in [-0.2, -0.15) is 0 Å². The Kier molecular flexibility index (Phi) is 7.11. The monoisotopic (exact) mass is 368 g/mol. The largest absolute Gasteiger partial charge is 0.497 e. The number of methoxy groups -OCH3 is 1. The Hall–Kier alpha value is -2.53. The van der Waals surface area contributed by atoms with Crippen LogP contribution in [0.15, 0.2) is 54.6 Å². The highest BCUT2D eigenvalue weighted by Gasteiger charge is 2.21. The van der Waals surface area contributed by atoms with E-state index in [0.717, 1.165) is 57.1 Å². The number of benzene rings is 2. The van der Waals surface area contributed by atoms with Gasteiger partial charge in [-0.3, -0.25) is 9.69 Å². The summed E-state index contributed by atoms with van der Waals surface area (Å²) < 4.78 is 10.8. The molecule has 0 bridgehead atoms. The van der Waals surface area contributed by atoms with Crippen LogP contribution < -0.4 is 9.47 Å². The molecule has 1 aliphatic heterocycles. The summed E-state index contributed by atoms with van der Waals surface area (Å²) in [6.45, 7) is 4.59. The highest BCUT2D eigenvalue weighted by atomic mass is 16.5. The van der Waals surface area contributed by atoms with Gasteiger partial charge in [0.15, 0.2) is 6.61 Å². The Morgan fingerprint density at radius 2 is 1.63 bits per heavy atom. The lowest BCUT2D eigenvalue weighted by Gasteiger charge is -2.34. The van der Waals surface area contributed by atoms with Gasteiger partial charge in [-0.1, -0.05) is 30.3 Å². The minimum absolute atomic E-state index is 0.0664. The standard InChI is InChI=1S/C22H28N2O3/c1-26-20-11-9-19(10-12-20)6-5-13-23-14-16-24(17-15-23)22(25)18-27-21-7-3-2-4-8-21/h2-4,7-12H,5-6,13-18H2,1H3. The van der Waals surface area contributed by atoms with Crippen molar-refractivity contribution < 1.29 is 14.3 Å². The molecule has 5 heteroatoms. The average molecular weight is 368 g/mol. The molecule has 3 rings (SSSR count). The van der Waals surface area contributed by atoms with E-state index in [4.69, 9.17) is 9.47 Å². The topological polar surface area (TPSA) is 42.0 Å². The zero-order chi connectivity index (χ0) is 18.9. The average Bonchev–Trinajstić information content (AvgIpc) is 2.74. The maximum absolute atomic E-state index is 12.3. The first-order valence-electron chi connectivity index (χ1n) is 9.55. The number of hydrogen-bond donors (Lipinski definition) is 0. The lowest BCUT2D eigenvalue weighted by molar-refractivity contribution is -0.135. The summed E-state index contributed by atoms with van der Waals surface area (Å²) in [5.74, 6) is 1.70. The molecule has 1 aliphatic rings. The van der Waals surface area contributed by atoms with Gasteiger partial charge in [-0.15, -0.1) is 0 Å². The fraction of sp³-hybridized carbons (Fsp3) is 0.409. The number of piperazine rings is 1. The van der Waals surface area contributed by atoms with Crippen molar-refractivity contribution in [3.8, 4) is 11.5 Å². The Morgan fingerprint density at radius 1 is 0.926 bits per heavy atom. The van der Waals surface area contributed by atoms with Crippen LogP contribution >= 0.6 is 0 Å². The Labute approximate surface area is 161 Å².